The number of carboxylic acid groups (broad SMARTS) is 1. The van der Waals surface area contributed by atoms with Gasteiger partial charge in [-0.3, -0.25) is 9.59 Å². The molecule has 1 rings (SSSR count). The lowest BCUT2D eigenvalue weighted by atomic mass is 10.4. The number of carbonyl (C=O) groups is 2. The normalized spacial score (nSPS) is 11.9. The van der Waals surface area contributed by atoms with Gasteiger partial charge in [-0.25, -0.2) is 0 Å². The number of thioether (sulfide) groups is 1. The Morgan fingerprint density at radius 1 is 1.53 bits per heavy atom. The Balaban J connectivity index is 2.51. The molecule has 0 aromatic heterocycles. The molecule has 1 amide bonds. The molecular weight excluding hydrogens is 262 g/mol. The third-order valence-electron chi connectivity index (χ3n) is 1.89. The van der Waals surface area contributed by atoms with Crippen LogP contribution in [0.1, 0.15) is 6.92 Å². The lowest BCUT2D eigenvalue weighted by Crippen LogP contribution is -2.34. The highest BCUT2D eigenvalue weighted by Crippen LogP contribution is 2.25. The van der Waals surface area contributed by atoms with Crippen LogP contribution in [-0.4, -0.2) is 28.8 Å². The van der Waals surface area contributed by atoms with E-state index in [-0.39, 0.29) is 17.7 Å². The molecule has 1 atom stereocenters. The summed E-state index contributed by atoms with van der Waals surface area (Å²) in [4.78, 5) is 22.7. The van der Waals surface area contributed by atoms with E-state index < -0.39 is 5.97 Å². The topological polar surface area (TPSA) is 66.4 Å². The lowest BCUT2D eigenvalue weighted by Gasteiger charge is -2.10. The molecule has 17 heavy (non-hydrogen) atoms. The first kappa shape index (κ1) is 13.9. The second-order valence-electron chi connectivity index (χ2n) is 3.33. The van der Waals surface area contributed by atoms with E-state index in [4.69, 9.17) is 16.7 Å². The molecule has 1 aromatic carbocycles. The van der Waals surface area contributed by atoms with Crippen molar-refractivity contribution in [1.29, 1.82) is 0 Å². The zero-order chi connectivity index (χ0) is 12.8. The average Bonchev–Trinajstić information content (AvgIpc) is 2.25. The predicted octanol–water partition coefficient (Wildman–Crippen LogP) is 2.02. The van der Waals surface area contributed by atoms with Gasteiger partial charge in [0, 0.05) is 9.92 Å². The summed E-state index contributed by atoms with van der Waals surface area (Å²) in [6.07, 6.45) is 0. The first-order valence-electron chi connectivity index (χ1n) is 4.91. The van der Waals surface area contributed by atoms with Crippen molar-refractivity contribution in [2.75, 3.05) is 6.54 Å². The van der Waals surface area contributed by atoms with E-state index in [1.807, 2.05) is 6.07 Å². The van der Waals surface area contributed by atoms with Crippen LogP contribution in [-0.2, 0) is 9.59 Å². The predicted molar refractivity (Wildman–Crippen MR) is 67.4 cm³/mol. The number of hydrogen-bond acceptors (Lipinski definition) is 3. The van der Waals surface area contributed by atoms with Gasteiger partial charge in [-0.2, -0.15) is 0 Å². The van der Waals surface area contributed by atoms with Crippen LogP contribution in [0.4, 0.5) is 0 Å². The molecule has 4 nitrogen and oxygen atoms in total. The minimum absolute atomic E-state index is 0.308. The van der Waals surface area contributed by atoms with Crippen LogP contribution in [0, 0.1) is 0 Å². The van der Waals surface area contributed by atoms with Crippen molar-refractivity contribution in [3.63, 3.8) is 0 Å². The highest BCUT2D eigenvalue weighted by molar-refractivity contribution is 8.00. The van der Waals surface area contributed by atoms with Crippen molar-refractivity contribution >= 4 is 35.2 Å². The Labute approximate surface area is 108 Å². The summed E-state index contributed by atoms with van der Waals surface area (Å²) in [5.74, 6) is -1.37. The highest BCUT2D eigenvalue weighted by atomic mass is 35.5. The second-order valence-corrected chi connectivity index (χ2v) is 5.18. The van der Waals surface area contributed by atoms with Gasteiger partial charge >= 0.3 is 5.97 Å². The van der Waals surface area contributed by atoms with Crippen LogP contribution in [0.25, 0.3) is 0 Å². The molecule has 0 bridgehead atoms. The molecule has 0 heterocycles. The van der Waals surface area contributed by atoms with Gasteiger partial charge in [0.1, 0.15) is 6.54 Å². The fourth-order valence-corrected chi connectivity index (χ4v) is 2.31. The van der Waals surface area contributed by atoms with Gasteiger partial charge in [0.15, 0.2) is 0 Å². The number of nitrogens with one attached hydrogen (secondary N) is 1. The van der Waals surface area contributed by atoms with Gasteiger partial charge < -0.3 is 10.4 Å². The maximum atomic E-state index is 11.5. The Hall–Kier alpha value is -1.20. The summed E-state index contributed by atoms with van der Waals surface area (Å²) in [5.41, 5.74) is 0. The van der Waals surface area contributed by atoms with Crippen LogP contribution in [0.3, 0.4) is 0 Å². The van der Waals surface area contributed by atoms with Crippen molar-refractivity contribution in [2.45, 2.75) is 17.1 Å². The first-order valence-corrected chi connectivity index (χ1v) is 6.16. The molecule has 0 saturated heterocycles. The molecular formula is C11H12ClNO3S. The molecule has 0 saturated carbocycles. The Kier molecular flexibility index (Phi) is 5.31. The van der Waals surface area contributed by atoms with E-state index in [9.17, 15) is 9.59 Å². The molecule has 0 aliphatic heterocycles. The summed E-state index contributed by atoms with van der Waals surface area (Å²) in [5, 5.41) is 11.0. The van der Waals surface area contributed by atoms with E-state index >= 15 is 0 Å². The standard InChI is InChI=1S/C11H12ClNO3S/c1-7(11(16)13-6-10(14)15)17-9-4-2-3-8(12)5-9/h2-5,7H,6H2,1H3,(H,13,16)(H,14,15). The summed E-state index contributed by atoms with van der Waals surface area (Å²) in [6.45, 7) is 1.35. The number of aliphatic carboxylic acids is 1. The van der Waals surface area contributed by atoms with Gasteiger partial charge in [0.2, 0.25) is 5.91 Å². The molecule has 1 unspecified atom stereocenters. The molecule has 92 valence electrons. The molecule has 6 heteroatoms. The second kappa shape index (κ2) is 6.51. The zero-order valence-electron chi connectivity index (χ0n) is 9.14. The SMILES string of the molecule is CC(Sc1cccc(Cl)c1)C(=O)NCC(=O)O. The van der Waals surface area contributed by atoms with E-state index in [1.54, 1.807) is 25.1 Å². The van der Waals surface area contributed by atoms with Crippen molar-refractivity contribution < 1.29 is 14.7 Å². The summed E-state index contributed by atoms with van der Waals surface area (Å²) in [7, 11) is 0. The fraction of sp³-hybridized carbons (Fsp3) is 0.273. The largest absolute Gasteiger partial charge is 0.480 e. The number of amides is 1. The maximum Gasteiger partial charge on any atom is 0.322 e. The Morgan fingerprint density at radius 2 is 2.24 bits per heavy atom. The van der Waals surface area contributed by atoms with Crippen LogP contribution in [0.5, 0.6) is 0 Å². The third kappa shape index (κ3) is 5.10. The molecule has 0 fully saturated rings. The minimum Gasteiger partial charge on any atom is -0.480 e. The Bertz CT molecular complexity index is 425. The third-order valence-corrected chi connectivity index (χ3v) is 3.22. The molecule has 0 spiro atoms. The molecule has 0 aliphatic carbocycles. The van der Waals surface area contributed by atoms with Gasteiger partial charge in [-0.15, -0.1) is 11.8 Å². The van der Waals surface area contributed by atoms with Crippen molar-refractivity contribution in [2.24, 2.45) is 0 Å². The number of carboxylic acids is 1. The number of rotatable bonds is 5. The number of benzene rings is 1. The summed E-state index contributed by atoms with van der Waals surface area (Å²) < 4.78 is 0. The van der Waals surface area contributed by atoms with Crippen LogP contribution in [0.15, 0.2) is 29.2 Å². The van der Waals surface area contributed by atoms with E-state index in [1.165, 1.54) is 11.8 Å². The minimum atomic E-state index is -1.06. The van der Waals surface area contributed by atoms with Crippen LogP contribution >= 0.6 is 23.4 Å². The van der Waals surface area contributed by atoms with E-state index in [0.29, 0.717) is 5.02 Å². The van der Waals surface area contributed by atoms with Gasteiger partial charge in [-0.1, -0.05) is 17.7 Å². The van der Waals surface area contributed by atoms with E-state index in [0.717, 1.165) is 4.90 Å². The van der Waals surface area contributed by atoms with Gasteiger partial charge in [0.25, 0.3) is 0 Å². The summed E-state index contributed by atoms with van der Waals surface area (Å²) in [6, 6.07) is 7.15. The smallest absolute Gasteiger partial charge is 0.322 e. The summed E-state index contributed by atoms with van der Waals surface area (Å²) >= 11 is 7.15. The Morgan fingerprint density at radius 3 is 2.82 bits per heavy atom. The average molecular weight is 274 g/mol. The monoisotopic (exact) mass is 273 g/mol. The quantitative estimate of drug-likeness (QED) is 0.806. The van der Waals surface area contributed by atoms with Crippen LogP contribution in [0.2, 0.25) is 5.02 Å². The lowest BCUT2D eigenvalue weighted by molar-refractivity contribution is -0.137. The van der Waals surface area contributed by atoms with E-state index in [2.05, 4.69) is 5.32 Å². The van der Waals surface area contributed by atoms with Gasteiger partial charge in [-0.05, 0) is 25.1 Å². The van der Waals surface area contributed by atoms with Gasteiger partial charge in [0.05, 0.1) is 5.25 Å². The highest BCUT2D eigenvalue weighted by Gasteiger charge is 2.14. The number of carbonyl (C=O) groups excluding carboxylic acids is 1. The first-order chi connectivity index (χ1) is 7.99. The molecule has 2 N–H and O–H groups in total. The maximum absolute atomic E-state index is 11.5. The van der Waals surface area contributed by atoms with Crippen molar-refractivity contribution in [3.05, 3.63) is 29.3 Å². The molecule has 1 aromatic rings. The molecule has 0 radical (unpaired) electrons. The zero-order valence-corrected chi connectivity index (χ0v) is 10.7. The molecule has 0 aliphatic rings. The fourth-order valence-electron chi connectivity index (χ4n) is 1.10. The number of halogens is 1. The van der Waals surface area contributed by atoms with Crippen LogP contribution < -0.4 is 5.32 Å². The number of hydrogen-bond donors (Lipinski definition) is 2. The van der Waals surface area contributed by atoms with Crippen molar-refractivity contribution in [1.82, 2.24) is 5.32 Å². The van der Waals surface area contributed by atoms with Crippen molar-refractivity contribution in [3.8, 4) is 0 Å².